The van der Waals surface area contributed by atoms with E-state index in [0.717, 1.165) is 0 Å². The van der Waals surface area contributed by atoms with E-state index in [1.807, 2.05) is 0 Å². The van der Waals surface area contributed by atoms with Crippen LogP contribution in [0.4, 0.5) is 0 Å². The minimum Gasteiger partial charge on any atom is -0.484 e. The van der Waals surface area contributed by atoms with Gasteiger partial charge in [-0.25, -0.2) is 0 Å². The molecule has 1 aromatic carbocycles. The van der Waals surface area contributed by atoms with Gasteiger partial charge in [0.05, 0.1) is 25.0 Å². The molecule has 1 aliphatic rings. The number of furan rings is 1. The molecule has 0 bridgehead atoms. The Kier molecular flexibility index (Phi) is 7.04. The number of hydrogen-bond acceptors (Lipinski definition) is 7. The summed E-state index contributed by atoms with van der Waals surface area (Å²) < 4.78 is 26.5. The second kappa shape index (κ2) is 9.90. The van der Waals surface area contributed by atoms with Gasteiger partial charge in [0.15, 0.2) is 12.4 Å². The van der Waals surface area contributed by atoms with Crippen LogP contribution in [0.1, 0.15) is 16.1 Å². The van der Waals surface area contributed by atoms with Gasteiger partial charge in [-0.2, -0.15) is 0 Å². The summed E-state index contributed by atoms with van der Waals surface area (Å²) in [5.41, 5.74) is 0.434. The van der Waals surface area contributed by atoms with E-state index in [2.05, 4.69) is 0 Å². The van der Waals surface area contributed by atoms with E-state index in [-0.39, 0.29) is 24.1 Å². The summed E-state index contributed by atoms with van der Waals surface area (Å²) in [6.07, 6.45) is 3.06. The van der Waals surface area contributed by atoms with Gasteiger partial charge in [-0.05, 0) is 24.3 Å². The van der Waals surface area contributed by atoms with Crippen LogP contribution in [0.25, 0.3) is 6.08 Å². The first kappa shape index (κ1) is 20.6. The summed E-state index contributed by atoms with van der Waals surface area (Å²) in [7, 11) is 3.16. The monoisotopic (exact) mass is 401 g/mol. The van der Waals surface area contributed by atoms with Crippen molar-refractivity contribution in [3.05, 3.63) is 53.7 Å². The Bertz CT molecular complexity index is 865. The van der Waals surface area contributed by atoms with Crippen LogP contribution in [0.15, 0.2) is 46.8 Å². The second-order valence-electron chi connectivity index (χ2n) is 6.27. The van der Waals surface area contributed by atoms with Crippen molar-refractivity contribution >= 4 is 17.8 Å². The summed E-state index contributed by atoms with van der Waals surface area (Å²) in [5, 5.41) is 0. The predicted octanol–water partition coefficient (Wildman–Crippen LogP) is 2.40. The van der Waals surface area contributed by atoms with Crippen molar-refractivity contribution in [2.45, 2.75) is 0 Å². The lowest BCUT2D eigenvalue weighted by Crippen LogP contribution is -2.39. The molecule has 0 N–H and O–H groups in total. The van der Waals surface area contributed by atoms with Gasteiger partial charge in [-0.1, -0.05) is 0 Å². The van der Waals surface area contributed by atoms with Crippen molar-refractivity contribution < 1.29 is 33.0 Å². The Morgan fingerprint density at radius 3 is 2.55 bits per heavy atom. The van der Waals surface area contributed by atoms with Gasteiger partial charge in [0.2, 0.25) is 5.78 Å². The van der Waals surface area contributed by atoms with E-state index >= 15 is 0 Å². The predicted molar refractivity (Wildman–Crippen MR) is 104 cm³/mol. The molecule has 0 saturated carbocycles. The van der Waals surface area contributed by atoms with E-state index in [1.54, 1.807) is 49.5 Å². The zero-order chi connectivity index (χ0) is 20.6. The molecule has 2 aromatic rings. The number of Topliss-reactive ketones (excluding diaryl/α,β-unsaturated/α-hetero) is 1. The molecule has 1 aromatic heterocycles. The molecule has 1 aliphatic heterocycles. The third kappa shape index (κ3) is 5.24. The molecule has 0 atom stereocenters. The van der Waals surface area contributed by atoms with Gasteiger partial charge >= 0.3 is 0 Å². The minimum absolute atomic E-state index is 0.144. The third-order valence-corrected chi connectivity index (χ3v) is 4.30. The second-order valence-corrected chi connectivity index (χ2v) is 6.27. The maximum atomic E-state index is 12.4. The van der Waals surface area contributed by atoms with Crippen LogP contribution in [0.5, 0.6) is 11.5 Å². The summed E-state index contributed by atoms with van der Waals surface area (Å²) in [6.45, 7) is 1.61. The zero-order valence-corrected chi connectivity index (χ0v) is 16.4. The molecule has 8 heteroatoms. The fraction of sp³-hybridized carbons (Fsp3) is 0.333. The number of amides is 1. The van der Waals surface area contributed by atoms with Crippen LogP contribution in [0.2, 0.25) is 0 Å². The van der Waals surface area contributed by atoms with Crippen LogP contribution in [-0.4, -0.2) is 63.7 Å². The van der Waals surface area contributed by atoms with E-state index < -0.39 is 0 Å². The van der Waals surface area contributed by atoms with Gasteiger partial charge in [0.1, 0.15) is 17.3 Å². The molecule has 0 saturated heterocycles. The van der Waals surface area contributed by atoms with Gasteiger partial charge < -0.3 is 28.3 Å². The number of fused-ring (bicyclic) bond motifs is 1. The highest BCUT2D eigenvalue weighted by Gasteiger charge is 2.28. The van der Waals surface area contributed by atoms with Crippen molar-refractivity contribution in [2.75, 3.05) is 47.1 Å². The number of benzene rings is 1. The average Bonchev–Trinajstić information content (AvgIpc) is 3.34. The maximum absolute atomic E-state index is 12.4. The van der Waals surface area contributed by atoms with Crippen molar-refractivity contribution in [2.24, 2.45) is 0 Å². The molecule has 0 radical (unpaired) electrons. The van der Waals surface area contributed by atoms with Crippen molar-refractivity contribution in [1.82, 2.24) is 4.90 Å². The maximum Gasteiger partial charge on any atom is 0.260 e. The molecular formula is C21H23NO7. The third-order valence-electron chi connectivity index (χ3n) is 4.30. The largest absolute Gasteiger partial charge is 0.484 e. The summed E-state index contributed by atoms with van der Waals surface area (Å²) in [6, 6.07) is 8.31. The molecule has 3 rings (SSSR count). The first-order chi connectivity index (χ1) is 14.1. The normalized spacial score (nSPS) is 14.0. The quantitative estimate of drug-likeness (QED) is 0.565. The first-order valence-electron chi connectivity index (χ1n) is 9.12. The number of rotatable bonds is 10. The van der Waals surface area contributed by atoms with Crippen LogP contribution in [0.3, 0.4) is 0 Å². The fourth-order valence-corrected chi connectivity index (χ4v) is 2.76. The van der Waals surface area contributed by atoms with E-state index in [9.17, 15) is 9.59 Å². The van der Waals surface area contributed by atoms with Crippen LogP contribution >= 0.6 is 0 Å². The van der Waals surface area contributed by atoms with Crippen LogP contribution < -0.4 is 9.47 Å². The number of nitrogens with zero attached hydrogens (tertiary/aromatic N) is 1. The van der Waals surface area contributed by atoms with Gasteiger partial charge in [-0.15, -0.1) is 0 Å². The van der Waals surface area contributed by atoms with Gasteiger partial charge in [-0.3, -0.25) is 9.59 Å². The Morgan fingerprint density at radius 2 is 1.90 bits per heavy atom. The Balaban J connectivity index is 1.62. The number of ether oxygens (including phenoxy) is 4. The van der Waals surface area contributed by atoms with E-state index in [1.165, 1.54) is 12.3 Å². The summed E-state index contributed by atoms with van der Waals surface area (Å²) >= 11 is 0. The van der Waals surface area contributed by atoms with Crippen molar-refractivity contribution in [1.29, 1.82) is 0 Å². The highest BCUT2D eigenvalue weighted by molar-refractivity contribution is 6.14. The van der Waals surface area contributed by atoms with Crippen LogP contribution in [0, 0.1) is 0 Å². The number of carbonyl (C=O) groups excluding carboxylic acids is 2. The smallest absolute Gasteiger partial charge is 0.260 e. The van der Waals surface area contributed by atoms with E-state index in [0.29, 0.717) is 49.1 Å². The standard InChI is InChI=1S/C21H23NO7/c1-25-10-7-22(8-11-26-2)20(23)14-28-16-5-6-17-18(12-16)29-19(21(17)24)13-15-4-3-9-27-15/h3-6,9,12-13H,7-8,10-11,14H2,1-2H3. The Morgan fingerprint density at radius 1 is 1.14 bits per heavy atom. The Labute approximate surface area is 168 Å². The number of methoxy groups -OCH3 is 2. The van der Waals surface area contributed by atoms with Gasteiger partial charge in [0.25, 0.3) is 5.91 Å². The number of hydrogen-bond donors (Lipinski definition) is 0. The minimum atomic E-state index is -0.232. The fourth-order valence-electron chi connectivity index (χ4n) is 2.76. The molecule has 2 heterocycles. The zero-order valence-electron chi connectivity index (χ0n) is 16.4. The SMILES string of the molecule is COCCN(CCOC)C(=O)COc1ccc2c(c1)OC(=Cc1ccco1)C2=O. The summed E-state index contributed by atoms with van der Waals surface area (Å²) in [4.78, 5) is 26.5. The summed E-state index contributed by atoms with van der Waals surface area (Å²) in [5.74, 6) is 1.10. The molecule has 8 nitrogen and oxygen atoms in total. The van der Waals surface area contributed by atoms with Gasteiger partial charge in [0, 0.05) is 39.5 Å². The van der Waals surface area contributed by atoms with Crippen LogP contribution in [-0.2, 0) is 14.3 Å². The first-order valence-corrected chi connectivity index (χ1v) is 9.12. The van der Waals surface area contributed by atoms with Crippen molar-refractivity contribution in [3.63, 3.8) is 0 Å². The molecule has 0 spiro atoms. The number of carbonyl (C=O) groups is 2. The Hall–Kier alpha value is -3.10. The molecule has 0 aliphatic carbocycles. The lowest BCUT2D eigenvalue weighted by Gasteiger charge is -2.22. The lowest BCUT2D eigenvalue weighted by molar-refractivity contribution is -0.134. The topological polar surface area (TPSA) is 87.4 Å². The highest BCUT2D eigenvalue weighted by Crippen LogP contribution is 2.34. The highest BCUT2D eigenvalue weighted by atomic mass is 16.5. The van der Waals surface area contributed by atoms with Crippen molar-refractivity contribution in [3.8, 4) is 11.5 Å². The molecule has 1 amide bonds. The molecule has 0 fully saturated rings. The van der Waals surface area contributed by atoms with E-state index in [4.69, 9.17) is 23.4 Å². The molecule has 29 heavy (non-hydrogen) atoms. The number of ketones is 1. The average molecular weight is 401 g/mol. The molecule has 0 unspecified atom stereocenters. The molecular weight excluding hydrogens is 378 g/mol. The number of allylic oxidation sites excluding steroid dienone is 1. The molecule has 154 valence electrons. The lowest BCUT2D eigenvalue weighted by atomic mass is 10.1.